The molecule has 0 fully saturated rings. The number of nitro benzene ring substituents is 1. The molecule has 2 N–H and O–H groups in total. The molecule has 0 saturated heterocycles. The lowest BCUT2D eigenvalue weighted by atomic mass is 9.94. The number of nitrogens with two attached hydrogens (primary N) is 1. The first-order valence-electron chi connectivity index (χ1n) is 6.54. The normalized spacial score (nSPS) is 11.9. The molecule has 1 aromatic carbocycles. The summed E-state index contributed by atoms with van der Waals surface area (Å²) in [5.74, 6) is 0.218. The number of ether oxygens (including phenoxy) is 1. The van der Waals surface area contributed by atoms with Gasteiger partial charge < -0.3 is 10.5 Å². The van der Waals surface area contributed by atoms with Crippen molar-refractivity contribution in [2.75, 3.05) is 27.2 Å². The highest BCUT2D eigenvalue weighted by molar-refractivity contribution is 7.89. The number of methoxy groups -OCH3 is 1. The summed E-state index contributed by atoms with van der Waals surface area (Å²) in [6, 6.07) is 3.65. The van der Waals surface area contributed by atoms with Gasteiger partial charge in [-0.3, -0.25) is 10.1 Å². The minimum absolute atomic E-state index is 0. The molecule has 10 heteroatoms. The van der Waals surface area contributed by atoms with Gasteiger partial charge in [-0.15, -0.1) is 12.4 Å². The zero-order valence-corrected chi connectivity index (χ0v) is 15.1. The van der Waals surface area contributed by atoms with Crippen LogP contribution < -0.4 is 10.5 Å². The number of hydrogen-bond donors (Lipinski definition) is 1. The third-order valence-corrected chi connectivity index (χ3v) is 5.11. The van der Waals surface area contributed by atoms with Gasteiger partial charge in [0, 0.05) is 13.6 Å². The number of sulfonamides is 1. The Morgan fingerprint density at radius 3 is 2.39 bits per heavy atom. The highest BCUT2D eigenvalue weighted by Gasteiger charge is 2.32. The minimum atomic E-state index is -4.00. The maximum Gasteiger partial charge on any atom is 0.293 e. The van der Waals surface area contributed by atoms with E-state index in [9.17, 15) is 18.5 Å². The Morgan fingerprint density at radius 2 is 1.96 bits per heavy atom. The number of hydrogen-bond acceptors (Lipinski definition) is 6. The summed E-state index contributed by atoms with van der Waals surface area (Å²) in [6.45, 7) is 4.08. The molecule has 1 rings (SSSR count). The van der Waals surface area contributed by atoms with Gasteiger partial charge in [-0.1, -0.05) is 13.8 Å². The molecule has 0 saturated carbocycles. The zero-order valence-electron chi connectivity index (χ0n) is 13.5. The molecule has 0 bridgehead atoms. The lowest BCUT2D eigenvalue weighted by Crippen LogP contribution is -2.39. The third-order valence-electron chi connectivity index (χ3n) is 3.25. The standard InChI is InChI=1S/C13H21N3O5S.ClH/c1-13(2,8-14)9-15(3)22(19,20)12-6-5-10(21-4)7-11(12)16(17)18;/h5-7H,8-9,14H2,1-4H3;1H. The van der Waals surface area contributed by atoms with Gasteiger partial charge in [0.15, 0.2) is 4.90 Å². The first-order chi connectivity index (χ1) is 10.0. The van der Waals surface area contributed by atoms with Crippen LogP contribution in [0.3, 0.4) is 0 Å². The van der Waals surface area contributed by atoms with Crippen LogP contribution in [-0.4, -0.2) is 44.9 Å². The zero-order chi connectivity index (χ0) is 17.1. The van der Waals surface area contributed by atoms with Gasteiger partial charge >= 0.3 is 0 Å². The Hall–Kier alpha value is -1.42. The molecule has 1 aromatic rings. The van der Waals surface area contributed by atoms with E-state index in [2.05, 4.69) is 0 Å². The molecule has 0 heterocycles. The van der Waals surface area contributed by atoms with E-state index in [1.807, 2.05) is 13.8 Å². The fourth-order valence-corrected chi connectivity index (χ4v) is 3.40. The van der Waals surface area contributed by atoms with Crippen LogP contribution in [0.2, 0.25) is 0 Å². The second-order valence-electron chi connectivity index (χ2n) is 5.72. The number of nitro groups is 1. The largest absolute Gasteiger partial charge is 0.497 e. The first-order valence-corrected chi connectivity index (χ1v) is 7.98. The molecule has 0 aliphatic heterocycles. The van der Waals surface area contributed by atoms with Crippen molar-refractivity contribution in [1.29, 1.82) is 0 Å². The summed E-state index contributed by atoms with van der Waals surface area (Å²) in [6.07, 6.45) is 0. The average Bonchev–Trinajstić information content (AvgIpc) is 2.45. The Morgan fingerprint density at radius 1 is 1.39 bits per heavy atom. The Balaban J connectivity index is 0.00000484. The van der Waals surface area contributed by atoms with Crippen molar-refractivity contribution in [1.82, 2.24) is 4.31 Å². The Kier molecular flexibility index (Phi) is 7.42. The lowest BCUT2D eigenvalue weighted by molar-refractivity contribution is -0.387. The van der Waals surface area contributed by atoms with Crippen molar-refractivity contribution in [2.45, 2.75) is 18.7 Å². The van der Waals surface area contributed by atoms with E-state index in [4.69, 9.17) is 10.5 Å². The molecule has 0 unspecified atom stereocenters. The highest BCUT2D eigenvalue weighted by Crippen LogP contribution is 2.31. The maximum absolute atomic E-state index is 12.6. The van der Waals surface area contributed by atoms with Crippen LogP contribution in [0.5, 0.6) is 5.75 Å². The Bertz CT molecular complexity index is 664. The molecule has 0 atom stereocenters. The van der Waals surface area contributed by atoms with Crippen LogP contribution in [0.15, 0.2) is 23.1 Å². The van der Waals surface area contributed by atoms with Crippen molar-refractivity contribution in [3.8, 4) is 5.75 Å². The molecule has 132 valence electrons. The fraction of sp³-hybridized carbons (Fsp3) is 0.538. The van der Waals surface area contributed by atoms with Crippen LogP contribution in [0.4, 0.5) is 5.69 Å². The highest BCUT2D eigenvalue weighted by atomic mass is 35.5. The molecule has 23 heavy (non-hydrogen) atoms. The van der Waals surface area contributed by atoms with Gasteiger partial charge in [0.25, 0.3) is 5.69 Å². The van der Waals surface area contributed by atoms with Crippen LogP contribution >= 0.6 is 12.4 Å². The van der Waals surface area contributed by atoms with Gasteiger partial charge in [-0.2, -0.15) is 0 Å². The predicted molar refractivity (Wildman–Crippen MR) is 89.5 cm³/mol. The third kappa shape index (κ3) is 5.03. The molecule has 0 radical (unpaired) electrons. The molecule has 0 aromatic heterocycles. The fourth-order valence-electron chi connectivity index (χ4n) is 1.91. The van der Waals surface area contributed by atoms with E-state index in [1.54, 1.807) is 0 Å². The molecule has 0 aliphatic rings. The van der Waals surface area contributed by atoms with Crippen LogP contribution in [0, 0.1) is 15.5 Å². The average molecular weight is 368 g/mol. The van der Waals surface area contributed by atoms with E-state index in [-0.39, 0.29) is 36.1 Å². The molecule has 0 amide bonds. The molecule has 0 aliphatic carbocycles. The summed E-state index contributed by atoms with van der Waals surface area (Å²) in [5, 5.41) is 11.1. The van der Waals surface area contributed by atoms with Crippen molar-refractivity contribution in [2.24, 2.45) is 11.1 Å². The van der Waals surface area contributed by atoms with Gasteiger partial charge in [0.2, 0.25) is 10.0 Å². The second-order valence-corrected chi connectivity index (χ2v) is 7.73. The molecule has 0 spiro atoms. The summed E-state index contributed by atoms with van der Waals surface area (Å²) in [4.78, 5) is 10.0. The summed E-state index contributed by atoms with van der Waals surface area (Å²) < 4.78 is 31.2. The maximum atomic E-state index is 12.6. The van der Waals surface area contributed by atoms with E-state index in [1.165, 1.54) is 26.3 Å². The van der Waals surface area contributed by atoms with Gasteiger partial charge in [-0.05, 0) is 24.1 Å². The van der Waals surface area contributed by atoms with Crippen LogP contribution in [0.25, 0.3) is 0 Å². The number of benzene rings is 1. The summed E-state index contributed by atoms with van der Waals surface area (Å²) >= 11 is 0. The second kappa shape index (κ2) is 7.91. The predicted octanol–water partition coefficient (Wildman–Crippen LogP) is 1.63. The quantitative estimate of drug-likeness (QED) is 0.578. The monoisotopic (exact) mass is 367 g/mol. The van der Waals surface area contributed by atoms with Crippen molar-refractivity contribution < 1.29 is 18.1 Å². The van der Waals surface area contributed by atoms with Gasteiger partial charge in [0.05, 0.1) is 18.1 Å². The smallest absolute Gasteiger partial charge is 0.293 e. The lowest BCUT2D eigenvalue weighted by Gasteiger charge is -2.28. The Labute approximate surface area is 142 Å². The minimum Gasteiger partial charge on any atom is -0.497 e. The molecular weight excluding hydrogens is 346 g/mol. The van der Waals surface area contributed by atoms with Crippen molar-refractivity contribution in [3.63, 3.8) is 0 Å². The number of halogens is 1. The molecular formula is C13H22ClN3O5S. The summed E-state index contributed by atoms with van der Waals surface area (Å²) in [5.41, 5.74) is 4.65. The van der Waals surface area contributed by atoms with Gasteiger partial charge in [0.1, 0.15) is 5.75 Å². The van der Waals surface area contributed by atoms with Crippen LogP contribution in [0.1, 0.15) is 13.8 Å². The number of rotatable bonds is 7. The van der Waals surface area contributed by atoms with Crippen molar-refractivity contribution >= 4 is 28.1 Å². The summed E-state index contributed by atoms with van der Waals surface area (Å²) in [7, 11) is -1.28. The van der Waals surface area contributed by atoms with Crippen molar-refractivity contribution in [3.05, 3.63) is 28.3 Å². The topological polar surface area (TPSA) is 116 Å². The van der Waals surface area contributed by atoms with E-state index < -0.39 is 26.0 Å². The van der Waals surface area contributed by atoms with E-state index in [0.717, 1.165) is 10.4 Å². The van der Waals surface area contributed by atoms with Crippen LogP contribution in [-0.2, 0) is 10.0 Å². The van der Waals surface area contributed by atoms with E-state index in [0.29, 0.717) is 0 Å². The van der Waals surface area contributed by atoms with E-state index >= 15 is 0 Å². The SMILES string of the molecule is COc1ccc(S(=O)(=O)N(C)CC(C)(C)CN)c([N+](=O)[O-])c1.Cl. The number of nitrogens with zero attached hydrogens (tertiary/aromatic N) is 2. The van der Waals surface area contributed by atoms with Gasteiger partial charge in [-0.25, -0.2) is 12.7 Å². The molecule has 8 nitrogen and oxygen atoms in total. The first kappa shape index (κ1) is 21.6.